The molecule has 0 aliphatic rings. The predicted molar refractivity (Wildman–Crippen MR) is 85.9 cm³/mol. The Morgan fingerprint density at radius 3 is 2.40 bits per heavy atom. The van der Waals surface area contributed by atoms with Crippen molar-refractivity contribution in [2.24, 2.45) is 0 Å². The molecule has 3 rings (SSSR count). The summed E-state index contributed by atoms with van der Waals surface area (Å²) >= 11 is 0. The Balaban J connectivity index is 1.95. The van der Waals surface area contributed by atoms with E-state index in [1.54, 1.807) is 0 Å². The van der Waals surface area contributed by atoms with Crippen LogP contribution in [0.3, 0.4) is 0 Å². The maximum atomic E-state index is 13.3. The SMILES string of the molecule is CC(C)(C)c1noc(-c2ccc(=O)n(Cc3cc(F)cc(F)c3)n2)n1. The Bertz CT molecular complexity index is 953. The van der Waals surface area contributed by atoms with Crippen LogP contribution < -0.4 is 5.56 Å². The smallest absolute Gasteiger partial charge is 0.278 e. The van der Waals surface area contributed by atoms with Gasteiger partial charge in [-0.25, -0.2) is 13.5 Å². The standard InChI is InChI=1S/C17H16F2N4O2/c1-17(2,3)16-20-15(25-22-16)13-4-5-14(24)23(21-13)9-10-6-11(18)8-12(19)7-10/h4-8H,9H2,1-3H3. The Morgan fingerprint density at radius 2 is 1.80 bits per heavy atom. The van der Waals surface area contributed by atoms with Crippen molar-refractivity contribution in [2.75, 3.05) is 0 Å². The Hall–Kier alpha value is -2.90. The topological polar surface area (TPSA) is 73.8 Å². The Kier molecular flexibility index (Phi) is 4.20. The van der Waals surface area contributed by atoms with Gasteiger partial charge in [0.25, 0.3) is 11.4 Å². The molecule has 6 nitrogen and oxygen atoms in total. The molecule has 0 aliphatic carbocycles. The highest BCUT2D eigenvalue weighted by Gasteiger charge is 2.22. The first-order chi connectivity index (χ1) is 11.7. The number of aromatic nitrogens is 4. The normalized spacial score (nSPS) is 11.7. The summed E-state index contributed by atoms with van der Waals surface area (Å²) in [5.74, 6) is -0.754. The van der Waals surface area contributed by atoms with E-state index >= 15 is 0 Å². The van der Waals surface area contributed by atoms with Crippen LogP contribution in [0.25, 0.3) is 11.6 Å². The van der Waals surface area contributed by atoms with Gasteiger partial charge in [-0.2, -0.15) is 10.1 Å². The van der Waals surface area contributed by atoms with E-state index < -0.39 is 17.2 Å². The average Bonchev–Trinajstić information content (AvgIpc) is 2.98. The van der Waals surface area contributed by atoms with Gasteiger partial charge in [-0.3, -0.25) is 4.79 Å². The molecule has 0 spiro atoms. The van der Waals surface area contributed by atoms with E-state index in [1.165, 1.54) is 12.1 Å². The number of nitrogens with zero attached hydrogens (tertiary/aromatic N) is 4. The quantitative estimate of drug-likeness (QED) is 0.729. The second-order valence-electron chi connectivity index (χ2n) is 6.67. The van der Waals surface area contributed by atoms with Gasteiger partial charge in [0.1, 0.15) is 17.3 Å². The van der Waals surface area contributed by atoms with E-state index in [0.29, 0.717) is 11.5 Å². The van der Waals surface area contributed by atoms with Crippen LogP contribution in [0.5, 0.6) is 0 Å². The zero-order chi connectivity index (χ0) is 18.2. The molecule has 8 heteroatoms. The van der Waals surface area contributed by atoms with Crippen molar-refractivity contribution in [3.05, 3.63) is 63.7 Å². The molecule has 0 saturated heterocycles. The summed E-state index contributed by atoms with van der Waals surface area (Å²) in [6.45, 7) is 5.74. The molecule has 0 N–H and O–H groups in total. The molecule has 0 unspecified atom stereocenters. The summed E-state index contributed by atoms with van der Waals surface area (Å²) in [5.41, 5.74) is -0.122. The van der Waals surface area contributed by atoms with Crippen molar-refractivity contribution in [2.45, 2.75) is 32.7 Å². The minimum atomic E-state index is -0.717. The first-order valence-electron chi connectivity index (χ1n) is 7.60. The highest BCUT2D eigenvalue weighted by Crippen LogP contribution is 2.22. The zero-order valence-corrected chi connectivity index (χ0v) is 14.0. The molecule has 0 saturated carbocycles. The lowest BCUT2D eigenvalue weighted by atomic mass is 9.96. The molecule has 0 amide bonds. The molecule has 25 heavy (non-hydrogen) atoms. The molecule has 0 aliphatic heterocycles. The molecule has 0 atom stereocenters. The number of rotatable bonds is 3. The molecule has 3 aromatic rings. The fraction of sp³-hybridized carbons (Fsp3) is 0.294. The van der Waals surface area contributed by atoms with Gasteiger partial charge in [-0.05, 0) is 23.8 Å². The van der Waals surface area contributed by atoms with Gasteiger partial charge in [0.05, 0.1) is 6.54 Å². The van der Waals surface area contributed by atoms with Crippen LogP contribution in [0.1, 0.15) is 32.2 Å². The largest absolute Gasteiger partial charge is 0.332 e. The molecule has 1 aromatic carbocycles. The molecular weight excluding hydrogens is 330 g/mol. The number of hydrogen-bond acceptors (Lipinski definition) is 5. The number of benzene rings is 1. The second-order valence-corrected chi connectivity index (χ2v) is 6.67. The average molecular weight is 346 g/mol. The van der Waals surface area contributed by atoms with Crippen LogP contribution in [0.4, 0.5) is 8.78 Å². The van der Waals surface area contributed by atoms with Crippen molar-refractivity contribution in [1.29, 1.82) is 0 Å². The third-order valence-electron chi connectivity index (χ3n) is 3.44. The number of halogens is 2. The van der Waals surface area contributed by atoms with Gasteiger partial charge >= 0.3 is 0 Å². The van der Waals surface area contributed by atoms with E-state index in [1.807, 2.05) is 20.8 Å². The summed E-state index contributed by atoms with van der Waals surface area (Å²) in [4.78, 5) is 16.3. The van der Waals surface area contributed by atoms with Gasteiger partial charge in [0.15, 0.2) is 5.82 Å². The van der Waals surface area contributed by atoms with E-state index in [-0.39, 0.29) is 23.4 Å². The van der Waals surface area contributed by atoms with Crippen LogP contribution in [0.2, 0.25) is 0 Å². The van der Waals surface area contributed by atoms with Crippen molar-refractivity contribution in [3.8, 4) is 11.6 Å². The minimum absolute atomic E-state index is 0.0817. The summed E-state index contributed by atoms with van der Waals surface area (Å²) in [6.07, 6.45) is 0. The highest BCUT2D eigenvalue weighted by molar-refractivity contribution is 5.44. The fourth-order valence-corrected chi connectivity index (χ4v) is 2.18. The number of hydrogen-bond donors (Lipinski definition) is 0. The van der Waals surface area contributed by atoms with Crippen LogP contribution in [0, 0.1) is 11.6 Å². The van der Waals surface area contributed by atoms with Gasteiger partial charge < -0.3 is 4.52 Å². The molecule has 0 fully saturated rings. The second kappa shape index (κ2) is 6.19. The first-order valence-corrected chi connectivity index (χ1v) is 7.60. The summed E-state index contributed by atoms with van der Waals surface area (Å²) in [7, 11) is 0. The highest BCUT2D eigenvalue weighted by atomic mass is 19.1. The van der Waals surface area contributed by atoms with Gasteiger partial charge in [-0.1, -0.05) is 25.9 Å². The van der Waals surface area contributed by atoms with Gasteiger partial charge in [0, 0.05) is 17.5 Å². The Labute approximate surface area is 142 Å². The van der Waals surface area contributed by atoms with Crippen molar-refractivity contribution in [1.82, 2.24) is 19.9 Å². The molecule has 0 bridgehead atoms. The monoisotopic (exact) mass is 346 g/mol. The fourth-order valence-electron chi connectivity index (χ4n) is 2.18. The molecule has 0 radical (unpaired) electrons. The van der Waals surface area contributed by atoms with Crippen LogP contribution in [0.15, 0.2) is 39.6 Å². The van der Waals surface area contributed by atoms with E-state index in [2.05, 4.69) is 15.2 Å². The van der Waals surface area contributed by atoms with Gasteiger partial charge in [-0.15, -0.1) is 0 Å². The lowest BCUT2D eigenvalue weighted by Crippen LogP contribution is -2.23. The summed E-state index contributed by atoms with van der Waals surface area (Å²) in [5, 5.41) is 8.07. The van der Waals surface area contributed by atoms with Crippen LogP contribution in [-0.2, 0) is 12.0 Å². The lowest BCUT2D eigenvalue weighted by Gasteiger charge is -2.10. The minimum Gasteiger partial charge on any atom is -0.332 e. The lowest BCUT2D eigenvalue weighted by molar-refractivity contribution is 0.400. The Morgan fingerprint density at radius 1 is 1.12 bits per heavy atom. The predicted octanol–water partition coefficient (Wildman–Crippen LogP) is 2.92. The first kappa shape index (κ1) is 16.9. The molecular formula is C17H16F2N4O2. The summed E-state index contributed by atoms with van der Waals surface area (Å²) in [6, 6.07) is 5.81. The third-order valence-corrected chi connectivity index (χ3v) is 3.44. The molecule has 130 valence electrons. The van der Waals surface area contributed by atoms with E-state index in [0.717, 1.165) is 22.9 Å². The molecule has 2 heterocycles. The third kappa shape index (κ3) is 3.78. The summed E-state index contributed by atoms with van der Waals surface area (Å²) < 4.78 is 32.9. The zero-order valence-electron chi connectivity index (χ0n) is 14.0. The van der Waals surface area contributed by atoms with Crippen molar-refractivity contribution in [3.63, 3.8) is 0 Å². The van der Waals surface area contributed by atoms with Crippen molar-refractivity contribution >= 4 is 0 Å². The van der Waals surface area contributed by atoms with E-state index in [4.69, 9.17) is 4.52 Å². The molecule has 2 aromatic heterocycles. The van der Waals surface area contributed by atoms with Gasteiger partial charge in [0.2, 0.25) is 0 Å². The maximum Gasteiger partial charge on any atom is 0.278 e. The van der Waals surface area contributed by atoms with Crippen LogP contribution >= 0.6 is 0 Å². The van der Waals surface area contributed by atoms with Crippen LogP contribution in [-0.4, -0.2) is 19.9 Å². The maximum absolute atomic E-state index is 13.3. The van der Waals surface area contributed by atoms with E-state index in [9.17, 15) is 13.6 Å². The van der Waals surface area contributed by atoms with Crippen molar-refractivity contribution < 1.29 is 13.3 Å².